The van der Waals surface area contributed by atoms with Crippen molar-refractivity contribution in [3.8, 4) is 23.1 Å². The fraction of sp³-hybridized carbons (Fsp3) is 0.250. The molecule has 9 nitrogen and oxygen atoms in total. The molecule has 1 aliphatic heterocycles. The van der Waals surface area contributed by atoms with E-state index in [4.69, 9.17) is 9.94 Å². The highest BCUT2D eigenvalue weighted by atomic mass is 16.5. The number of amides is 1. The van der Waals surface area contributed by atoms with Crippen molar-refractivity contribution in [3.63, 3.8) is 0 Å². The number of aromatic nitrogens is 3. The number of nitrogens with zero attached hydrogens (tertiary/aromatic N) is 4. The fourth-order valence-electron chi connectivity index (χ4n) is 3.30. The third kappa shape index (κ3) is 6.33. The van der Waals surface area contributed by atoms with Crippen LogP contribution in [0.3, 0.4) is 0 Å². The van der Waals surface area contributed by atoms with Crippen molar-refractivity contribution >= 4 is 11.9 Å². The van der Waals surface area contributed by atoms with Crippen molar-refractivity contribution in [2.75, 3.05) is 44.7 Å². The van der Waals surface area contributed by atoms with Crippen LogP contribution in [-0.2, 0) is 4.74 Å². The third-order valence-electron chi connectivity index (χ3n) is 5.07. The molecule has 33 heavy (non-hydrogen) atoms. The maximum absolute atomic E-state index is 12.0. The third-order valence-corrected chi connectivity index (χ3v) is 5.07. The van der Waals surface area contributed by atoms with Gasteiger partial charge in [-0.15, -0.1) is 0 Å². The maximum Gasteiger partial charge on any atom is 0.293 e. The van der Waals surface area contributed by atoms with E-state index < -0.39 is 5.91 Å². The topological polar surface area (TPSA) is 112 Å². The number of ether oxygens (including phenoxy) is 1. The van der Waals surface area contributed by atoms with Crippen molar-refractivity contribution < 1.29 is 14.7 Å². The van der Waals surface area contributed by atoms with E-state index in [-0.39, 0.29) is 5.69 Å². The molecule has 0 spiro atoms. The Bertz CT molecular complexity index is 1140. The van der Waals surface area contributed by atoms with Gasteiger partial charge in [0.15, 0.2) is 0 Å². The van der Waals surface area contributed by atoms with Crippen LogP contribution in [0.1, 0.15) is 21.6 Å². The average Bonchev–Trinajstić information content (AvgIpc) is 2.88. The molecule has 9 heteroatoms. The first kappa shape index (κ1) is 22.4. The summed E-state index contributed by atoms with van der Waals surface area (Å²) in [4.78, 5) is 27.1. The summed E-state index contributed by atoms with van der Waals surface area (Å²) in [7, 11) is 0. The van der Waals surface area contributed by atoms with Crippen LogP contribution >= 0.6 is 0 Å². The lowest BCUT2D eigenvalue weighted by Gasteiger charge is -2.26. The summed E-state index contributed by atoms with van der Waals surface area (Å²) in [6, 6.07) is 12.8. The minimum atomic E-state index is -0.700. The molecule has 1 saturated heterocycles. The Morgan fingerprint density at radius 1 is 1.09 bits per heavy atom. The minimum absolute atomic E-state index is 0.0665. The van der Waals surface area contributed by atoms with Crippen molar-refractivity contribution in [1.82, 2.24) is 25.3 Å². The number of benzene rings is 1. The smallest absolute Gasteiger partial charge is 0.293 e. The molecule has 0 radical (unpaired) electrons. The van der Waals surface area contributed by atoms with Gasteiger partial charge in [-0.3, -0.25) is 19.9 Å². The van der Waals surface area contributed by atoms with Gasteiger partial charge < -0.3 is 10.1 Å². The molecule has 4 rings (SSSR count). The summed E-state index contributed by atoms with van der Waals surface area (Å²) in [5, 5.41) is 12.2. The lowest BCUT2D eigenvalue weighted by molar-refractivity contribution is 0.0398. The Hall–Kier alpha value is -3.84. The van der Waals surface area contributed by atoms with Crippen LogP contribution in [0.25, 0.3) is 11.3 Å². The van der Waals surface area contributed by atoms with Gasteiger partial charge in [0, 0.05) is 55.3 Å². The first-order valence-electron chi connectivity index (χ1n) is 10.6. The molecular formula is C24H24N6O3. The number of hydrogen-bond donors (Lipinski definition) is 3. The van der Waals surface area contributed by atoms with E-state index in [9.17, 15) is 4.79 Å². The molecule has 2 aromatic heterocycles. The van der Waals surface area contributed by atoms with E-state index in [0.717, 1.165) is 49.5 Å². The molecule has 1 amide bonds. The van der Waals surface area contributed by atoms with E-state index in [1.165, 1.54) is 6.07 Å². The fourth-order valence-corrected chi connectivity index (χ4v) is 3.30. The number of hydrogen-bond acceptors (Lipinski definition) is 8. The molecule has 0 aliphatic carbocycles. The number of anilines is 1. The van der Waals surface area contributed by atoms with Crippen molar-refractivity contribution in [2.45, 2.75) is 0 Å². The standard InChI is InChI=1S/C24H24N6O3/c31-23(29-32)22-16-21(27-24(28-22)26-10-11-30-12-14-33-15-13-30)20-7-5-18(6-8-20)3-4-19-2-1-9-25-17-19/h1-2,5-9,16-17,32H,10-15H2,(H,29,31)(H,26,27,28). The van der Waals surface area contributed by atoms with Crippen LogP contribution in [0.4, 0.5) is 5.95 Å². The Balaban J connectivity index is 1.50. The molecule has 1 fully saturated rings. The van der Waals surface area contributed by atoms with Gasteiger partial charge in [-0.2, -0.15) is 0 Å². The Labute approximate surface area is 191 Å². The Morgan fingerprint density at radius 3 is 2.61 bits per heavy atom. The molecule has 0 bridgehead atoms. The molecule has 0 atom stereocenters. The average molecular weight is 444 g/mol. The second-order valence-corrected chi connectivity index (χ2v) is 7.35. The molecule has 1 aromatic carbocycles. The summed E-state index contributed by atoms with van der Waals surface area (Å²) in [6.07, 6.45) is 3.42. The SMILES string of the molecule is O=C(NO)c1cc(-c2ccc(C#Cc3cccnc3)cc2)nc(NCCN2CCOCC2)n1. The van der Waals surface area contributed by atoms with Gasteiger partial charge in [-0.05, 0) is 30.3 Å². The summed E-state index contributed by atoms with van der Waals surface area (Å²) in [6.45, 7) is 4.66. The number of carbonyl (C=O) groups excluding carboxylic acids is 1. The van der Waals surface area contributed by atoms with Crippen LogP contribution in [0.15, 0.2) is 54.9 Å². The van der Waals surface area contributed by atoms with E-state index in [0.29, 0.717) is 18.2 Å². The van der Waals surface area contributed by atoms with Crippen molar-refractivity contribution in [1.29, 1.82) is 0 Å². The highest BCUT2D eigenvalue weighted by molar-refractivity contribution is 5.92. The zero-order valence-corrected chi connectivity index (χ0v) is 18.0. The summed E-state index contributed by atoms with van der Waals surface area (Å²) in [5.41, 5.74) is 4.74. The zero-order chi connectivity index (χ0) is 22.9. The summed E-state index contributed by atoms with van der Waals surface area (Å²) >= 11 is 0. The monoisotopic (exact) mass is 444 g/mol. The highest BCUT2D eigenvalue weighted by Gasteiger charge is 2.14. The molecule has 0 unspecified atom stereocenters. The first-order chi connectivity index (χ1) is 16.2. The number of morpholine rings is 1. The van der Waals surface area contributed by atoms with Crippen LogP contribution in [0, 0.1) is 11.8 Å². The molecule has 0 saturated carbocycles. The second-order valence-electron chi connectivity index (χ2n) is 7.35. The first-order valence-corrected chi connectivity index (χ1v) is 10.6. The summed E-state index contributed by atoms with van der Waals surface area (Å²) in [5.74, 6) is 5.79. The van der Waals surface area contributed by atoms with E-state index >= 15 is 0 Å². The van der Waals surface area contributed by atoms with E-state index in [2.05, 4.69) is 37.0 Å². The van der Waals surface area contributed by atoms with Gasteiger partial charge in [0.25, 0.3) is 5.91 Å². The van der Waals surface area contributed by atoms with Crippen LogP contribution in [0.2, 0.25) is 0 Å². The molecular weight excluding hydrogens is 420 g/mol. The van der Waals surface area contributed by atoms with Gasteiger partial charge >= 0.3 is 0 Å². The Kier molecular flexibility index (Phi) is 7.56. The van der Waals surface area contributed by atoms with Crippen LogP contribution in [-0.4, -0.2) is 70.4 Å². The van der Waals surface area contributed by atoms with Gasteiger partial charge in [0.2, 0.25) is 5.95 Å². The second kappa shape index (κ2) is 11.2. The van der Waals surface area contributed by atoms with Crippen LogP contribution in [0.5, 0.6) is 0 Å². The summed E-state index contributed by atoms with van der Waals surface area (Å²) < 4.78 is 5.36. The van der Waals surface area contributed by atoms with Crippen LogP contribution < -0.4 is 10.8 Å². The molecule has 3 N–H and O–H groups in total. The Morgan fingerprint density at radius 2 is 1.88 bits per heavy atom. The number of hydroxylamine groups is 1. The highest BCUT2D eigenvalue weighted by Crippen LogP contribution is 2.20. The lowest BCUT2D eigenvalue weighted by atomic mass is 10.1. The van der Waals surface area contributed by atoms with Gasteiger partial charge in [0.1, 0.15) is 5.69 Å². The number of rotatable bonds is 6. The normalized spacial score (nSPS) is 13.6. The van der Waals surface area contributed by atoms with Gasteiger partial charge in [0.05, 0.1) is 18.9 Å². The molecule has 168 valence electrons. The van der Waals surface area contributed by atoms with Crippen molar-refractivity contribution in [3.05, 3.63) is 71.7 Å². The predicted octanol–water partition coefficient (Wildman–Crippen LogP) is 1.80. The largest absolute Gasteiger partial charge is 0.379 e. The predicted molar refractivity (Wildman–Crippen MR) is 123 cm³/mol. The lowest BCUT2D eigenvalue weighted by Crippen LogP contribution is -2.39. The number of nitrogens with one attached hydrogen (secondary N) is 2. The van der Waals surface area contributed by atoms with Crippen molar-refractivity contribution in [2.24, 2.45) is 0 Å². The quantitative estimate of drug-likeness (QED) is 0.300. The van der Waals surface area contributed by atoms with E-state index in [1.54, 1.807) is 17.9 Å². The minimum Gasteiger partial charge on any atom is -0.379 e. The zero-order valence-electron chi connectivity index (χ0n) is 18.0. The van der Waals surface area contributed by atoms with Gasteiger partial charge in [-0.1, -0.05) is 24.0 Å². The molecule has 1 aliphatic rings. The maximum atomic E-state index is 12.0. The molecule has 3 aromatic rings. The number of carbonyl (C=O) groups is 1. The van der Waals surface area contributed by atoms with Gasteiger partial charge in [-0.25, -0.2) is 15.4 Å². The number of pyridine rings is 1. The van der Waals surface area contributed by atoms with E-state index in [1.807, 2.05) is 36.4 Å². The molecule has 3 heterocycles.